The molecule has 4 nitrogen and oxygen atoms in total. The van der Waals surface area contributed by atoms with Crippen LogP contribution in [0.2, 0.25) is 0 Å². The first-order chi connectivity index (χ1) is 6.91. The first kappa shape index (κ1) is 14.8. The maximum atomic E-state index is 9.57. The Morgan fingerprint density at radius 1 is 1.27 bits per heavy atom. The summed E-state index contributed by atoms with van der Waals surface area (Å²) in [6.07, 6.45) is 0.814. The Kier molecular flexibility index (Phi) is 7.96. The van der Waals surface area contributed by atoms with Crippen molar-refractivity contribution in [1.29, 1.82) is 0 Å². The van der Waals surface area contributed by atoms with E-state index in [1.165, 1.54) is 0 Å². The zero-order valence-corrected chi connectivity index (χ0v) is 10.7. The molecule has 92 valence electrons. The van der Waals surface area contributed by atoms with E-state index >= 15 is 0 Å². The summed E-state index contributed by atoms with van der Waals surface area (Å²) in [5.41, 5.74) is 3.01. The van der Waals surface area contributed by atoms with Gasteiger partial charge in [-0.05, 0) is 19.3 Å². The molecule has 0 aliphatic rings. The van der Waals surface area contributed by atoms with Crippen molar-refractivity contribution < 1.29 is 9.84 Å². The van der Waals surface area contributed by atoms with Crippen molar-refractivity contribution in [3.63, 3.8) is 0 Å². The summed E-state index contributed by atoms with van der Waals surface area (Å²) >= 11 is 0. The van der Waals surface area contributed by atoms with Gasteiger partial charge in [0.15, 0.2) is 0 Å². The van der Waals surface area contributed by atoms with Crippen LogP contribution in [-0.2, 0) is 4.74 Å². The minimum absolute atomic E-state index is 0.221. The average molecular weight is 218 g/mol. The SMILES string of the molecule is CC(C)CC(C)OCC(O)CNN(C)C. The number of hydrogen-bond donors (Lipinski definition) is 2. The van der Waals surface area contributed by atoms with Gasteiger partial charge in [0.25, 0.3) is 0 Å². The second kappa shape index (κ2) is 8.05. The van der Waals surface area contributed by atoms with Crippen LogP contribution in [0.25, 0.3) is 0 Å². The Balaban J connectivity index is 3.48. The Morgan fingerprint density at radius 3 is 2.33 bits per heavy atom. The highest BCUT2D eigenvalue weighted by Gasteiger charge is 2.09. The van der Waals surface area contributed by atoms with E-state index in [9.17, 15) is 5.11 Å². The number of rotatable bonds is 8. The second-order valence-electron chi connectivity index (χ2n) is 4.68. The van der Waals surface area contributed by atoms with Gasteiger partial charge in [0.2, 0.25) is 0 Å². The molecular formula is C11H26N2O2. The monoisotopic (exact) mass is 218 g/mol. The van der Waals surface area contributed by atoms with Crippen molar-refractivity contribution in [3.05, 3.63) is 0 Å². The van der Waals surface area contributed by atoms with Gasteiger partial charge in [-0.1, -0.05) is 13.8 Å². The van der Waals surface area contributed by atoms with E-state index in [2.05, 4.69) is 19.3 Å². The molecule has 0 aromatic rings. The summed E-state index contributed by atoms with van der Waals surface area (Å²) in [6.45, 7) is 7.32. The molecule has 2 N–H and O–H groups in total. The van der Waals surface area contributed by atoms with Gasteiger partial charge in [-0.2, -0.15) is 0 Å². The molecule has 0 aliphatic heterocycles. The fraction of sp³-hybridized carbons (Fsp3) is 1.00. The van der Waals surface area contributed by atoms with Crippen LogP contribution in [0.15, 0.2) is 0 Å². The third-order valence-electron chi connectivity index (χ3n) is 2.02. The van der Waals surface area contributed by atoms with E-state index in [0.717, 1.165) is 6.42 Å². The zero-order valence-electron chi connectivity index (χ0n) is 10.7. The minimum Gasteiger partial charge on any atom is -0.389 e. The number of nitrogens with zero attached hydrogens (tertiary/aromatic N) is 1. The van der Waals surface area contributed by atoms with Crippen molar-refractivity contribution >= 4 is 0 Å². The lowest BCUT2D eigenvalue weighted by atomic mass is 10.1. The van der Waals surface area contributed by atoms with E-state index in [1.54, 1.807) is 0 Å². The molecule has 0 heterocycles. The van der Waals surface area contributed by atoms with Crippen LogP contribution in [-0.4, -0.2) is 49.6 Å². The molecule has 0 bridgehead atoms. The summed E-state index contributed by atoms with van der Waals surface area (Å²) < 4.78 is 5.54. The van der Waals surface area contributed by atoms with E-state index in [1.807, 2.05) is 26.0 Å². The molecule has 0 saturated heterocycles. The van der Waals surface area contributed by atoms with Crippen LogP contribution in [0.5, 0.6) is 0 Å². The molecule has 0 fully saturated rings. The molecule has 0 spiro atoms. The lowest BCUT2D eigenvalue weighted by Gasteiger charge is -2.19. The molecule has 4 heteroatoms. The normalized spacial score (nSPS) is 16.0. The summed E-state index contributed by atoms with van der Waals surface area (Å²) in [4.78, 5) is 0. The van der Waals surface area contributed by atoms with Gasteiger partial charge >= 0.3 is 0 Å². The Labute approximate surface area is 93.6 Å². The van der Waals surface area contributed by atoms with E-state index in [-0.39, 0.29) is 6.10 Å². The fourth-order valence-electron chi connectivity index (χ4n) is 1.35. The van der Waals surface area contributed by atoms with Crippen molar-refractivity contribution in [3.8, 4) is 0 Å². The Hall–Kier alpha value is -0.160. The molecule has 0 rings (SSSR count). The van der Waals surface area contributed by atoms with E-state index < -0.39 is 6.10 Å². The maximum absolute atomic E-state index is 9.57. The van der Waals surface area contributed by atoms with Gasteiger partial charge in [-0.3, -0.25) is 10.4 Å². The van der Waals surface area contributed by atoms with Crippen molar-refractivity contribution in [2.24, 2.45) is 5.92 Å². The van der Waals surface area contributed by atoms with Crippen molar-refractivity contribution in [2.75, 3.05) is 27.2 Å². The Bertz CT molecular complexity index is 152. The number of hydrogen-bond acceptors (Lipinski definition) is 4. The van der Waals surface area contributed by atoms with Crippen molar-refractivity contribution in [1.82, 2.24) is 10.4 Å². The number of aliphatic hydroxyl groups is 1. The summed E-state index contributed by atoms with van der Waals surface area (Å²) in [5.74, 6) is 0.636. The zero-order chi connectivity index (χ0) is 11.8. The highest BCUT2D eigenvalue weighted by molar-refractivity contribution is 4.59. The summed E-state index contributed by atoms with van der Waals surface area (Å²) in [5, 5.41) is 11.4. The third-order valence-corrected chi connectivity index (χ3v) is 2.02. The van der Waals surface area contributed by atoms with Gasteiger partial charge < -0.3 is 9.84 Å². The van der Waals surface area contributed by atoms with Crippen LogP contribution in [0, 0.1) is 5.92 Å². The topological polar surface area (TPSA) is 44.7 Å². The van der Waals surface area contributed by atoms with E-state index in [4.69, 9.17) is 4.74 Å². The summed E-state index contributed by atoms with van der Waals surface area (Å²) in [6, 6.07) is 0. The molecule has 0 aliphatic carbocycles. The number of hydrazine groups is 1. The standard InChI is InChI=1S/C11H26N2O2/c1-9(2)6-10(3)15-8-11(14)7-12-13(4)5/h9-12,14H,6-8H2,1-5H3. The lowest BCUT2D eigenvalue weighted by molar-refractivity contribution is -0.0131. The predicted molar refractivity (Wildman–Crippen MR) is 62.6 cm³/mol. The van der Waals surface area contributed by atoms with Crippen molar-refractivity contribution in [2.45, 2.75) is 39.4 Å². The Morgan fingerprint density at radius 2 is 1.87 bits per heavy atom. The molecule has 2 unspecified atom stereocenters. The molecule has 0 saturated carbocycles. The quantitative estimate of drug-likeness (QED) is 0.593. The third kappa shape index (κ3) is 10.1. The fourth-order valence-corrected chi connectivity index (χ4v) is 1.35. The first-order valence-corrected chi connectivity index (χ1v) is 5.62. The largest absolute Gasteiger partial charge is 0.389 e. The number of nitrogens with one attached hydrogen (secondary N) is 1. The van der Waals surface area contributed by atoms with Gasteiger partial charge in [-0.15, -0.1) is 0 Å². The van der Waals surface area contributed by atoms with E-state index in [0.29, 0.717) is 19.1 Å². The maximum Gasteiger partial charge on any atom is 0.0911 e. The molecule has 0 aromatic heterocycles. The molecular weight excluding hydrogens is 192 g/mol. The van der Waals surface area contributed by atoms with Gasteiger partial charge in [0.05, 0.1) is 18.8 Å². The van der Waals surface area contributed by atoms with Gasteiger partial charge in [0.1, 0.15) is 0 Å². The van der Waals surface area contributed by atoms with Crippen LogP contribution in [0.3, 0.4) is 0 Å². The predicted octanol–water partition coefficient (Wildman–Crippen LogP) is 0.865. The highest BCUT2D eigenvalue weighted by atomic mass is 16.5. The molecule has 0 radical (unpaired) electrons. The van der Waals surface area contributed by atoms with Crippen LogP contribution in [0.4, 0.5) is 0 Å². The van der Waals surface area contributed by atoms with Gasteiger partial charge in [0, 0.05) is 20.6 Å². The highest BCUT2D eigenvalue weighted by Crippen LogP contribution is 2.07. The summed E-state index contributed by atoms with van der Waals surface area (Å²) in [7, 11) is 3.80. The molecule has 0 aromatic carbocycles. The average Bonchev–Trinajstić information content (AvgIpc) is 2.10. The van der Waals surface area contributed by atoms with Crippen LogP contribution in [0.1, 0.15) is 27.2 Å². The van der Waals surface area contributed by atoms with Crippen LogP contribution < -0.4 is 5.43 Å². The molecule has 15 heavy (non-hydrogen) atoms. The number of aliphatic hydroxyl groups excluding tert-OH is 1. The number of ether oxygens (including phenoxy) is 1. The molecule has 2 atom stereocenters. The lowest BCUT2D eigenvalue weighted by Crippen LogP contribution is -2.39. The smallest absolute Gasteiger partial charge is 0.0911 e. The first-order valence-electron chi connectivity index (χ1n) is 5.62. The minimum atomic E-state index is -0.443. The molecule has 0 amide bonds. The van der Waals surface area contributed by atoms with Crippen LogP contribution >= 0.6 is 0 Å². The van der Waals surface area contributed by atoms with Gasteiger partial charge in [-0.25, -0.2) is 0 Å². The second-order valence-corrected chi connectivity index (χ2v) is 4.68.